The third-order valence-corrected chi connectivity index (χ3v) is 5.90. The van der Waals surface area contributed by atoms with Gasteiger partial charge in [-0.3, -0.25) is 4.79 Å². The standard InChI is InChI=1S/C20H21N3O2S/c24-20(17-5-3-16(4-6-17)14-22-10-8-21-15-22)23-9-7-19(26-13-11-23)18-2-1-12-25-18/h1-6,8,10,12,15,19H,7,9,11,13-14H2/t19-/m0/s1. The van der Waals surface area contributed by atoms with Gasteiger partial charge in [0.25, 0.3) is 5.91 Å². The SMILES string of the molecule is O=C(c1ccc(Cn2ccnc2)cc1)N1CCS[C@H](c2ccco2)CC1. The lowest BCUT2D eigenvalue weighted by Crippen LogP contribution is -2.32. The minimum Gasteiger partial charge on any atom is -0.468 e. The molecule has 1 aliphatic rings. The van der Waals surface area contributed by atoms with Crippen molar-refractivity contribution in [2.24, 2.45) is 0 Å². The van der Waals surface area contributed by atoms with E-state index < -0.39 is 0 Å². The van der Waals surface area contributed by atoms with Crippen molar-refractivity contribution in [2.75, 3.05) is 18.8 Å². The number of furan rings is 1. The van der Waals surface area contributed by atoms with Gasteiger partial charge in [0.15, 0.2) is 0 Å². The molecule has 5 nitrogen and oxygen atoms in total. The van der Waals surface area contributed by atoms with Crippen LogP contribution in [0.4, 0.5) is 0 Å². The van der Waals surface area contributed by atoms with Crippen LogP contribution in [0, 0.1) is 0 Å². The number of imidazole rings is 1. The molecular weight excluding hydrogens is 346 g/mol. The number of thioether (sulfide) groups is 1. The Labute approximate surface area is 157 Å². The Hall–Kier alpha value is -2.47. The molecule has 0 unspecified atom stereocenters. The monoisotopic (exact) mass is 367 g/mol. The third-order valence-electron chi connectivity index (χ3n) is 4.61. The summed E-state index contributed by atoms with van der Waals surface area (Å²) in [6.07, 6.45) is 8.13. The molecule has 1 aromatic carbocycles. The molecule has 0 aliphatic carbocycles. The van der Waals surface area contributed by atoms with Crippen molar-refractivity contribution in [3.8, 4) is 0 Å². The summed E-state index contributed by atoms with van der Waals surface area (Å²) in [6, 6.07) is 11.8. The van der Waals surface area contributed by atoms with Gasteiger partial charge in [-0.1, -0.05) is 12.1 Å². The van der Waals surface area contributed by atoms with Gasteiger partial charge in [0.2, 0.25) is 0 Å². The van der Waals surface area contributed by atoms with Crippen molar-refractivity contribution in [1.82, 2.24) is 14.5 Å². The van der Waals surface area contributed by atoms with Crippen LogP contribution in [0.3, 0.4) is 0 Å². The van der Waals surface area contributed by atoms with E-state index in [0.29, 0.717) is 5.25 Å². The third kappa shape index (κ3) is 3.85. The molecule has 3 aromatic rings. The molecule has 2 aromatic heterocycles. The van der Waals surface area contributed by atoms with Crippen molar-refractivity contribution >= 4 is 17.7 Å². The summed E-state index contributed by atoms with van der Waals surface area (Å²) in [5, 5.41) is 0.334. The molecule has 4 rings (SSSR count). The van der Waals surface area contributed by atoms with Gasteiger partial charge in [-0.15, -0.1) is 11.8 Å². The molecule has 1 saturated heterocycles. The summed E-state index contributed by atoms with van der Waals surface area (Å²) < 4.78 is 7.55. The van der Waals surface area contributed by atoms with Crippen molar-refractivity contribution in [1.29, 1.82) is 0 Å². The lowest BCUT2D eigenvalue weighted by Gasteiger charge is -2.20. The Kier molecular flexibility index (Phi) is 5.11. The fourth-order valence-electron chi connectivity index (χ4n) is 3.20. The number of hydrogen-bond donors (Lipinski definition) is 0. The average Bonchev–Trinajstić information content (AvgIpc) is 3.33. The number of carbonyl (C=O) groups is 1. The van der Waals surface area contributed by atoms with E-state index in [1.54, 1.807) is 18.8 Å². The zero-order chi connectivity index (χ0) is 17.8. The lowest BCUT2D eigenvalue weighted by molar-refractivity contribution is 0.0766. The summed E-state index contributed by atoms with van der Waals surface area (Å²) in [5.74, 6) is 2.04. The predicted octanol–water partition coefficient (Wildman–Crippen LogP) is 3.84. The van der Waals surface area contributed by atoms with E-state index in [1.165, 1.54) is 0 Å². The molecule has 1 aliphatic heterocycles. The summed E-state index contributed by atoms with van der Waals surface area (Å²) >= 11 is 1.87. The normalized spacial score (nSPS) is 17.8. The topological polar surface area (TPSA) is 51.3 Å². The van der Waals surface area contributed by atoms with E-state index in [0.717, 1.165) is 48.7 Å². The number of aromatic nitrogens is 2. The van der Waals surface area contributed by atoms with Crippen LogP contribution in [-0.2, 0) is 6.54 Å². The van der Waals surface area contributed by atoms with Crippen LogP contribution >= 0.6 is 11.8 Å². The Morgan fingerprint density at radius 1 is 1.23 bits per heavy atom. The molecule has 6 heteroatoms. The van der Waals surface area contributed by atoms with Gasteiger partial charge >= 0.3 is 0 Å². The minimum atomic E-state index is 0.111. The summed E-state index contributed by atoms with van der Waals surface area (Å²) in [7, 11) is 0. The van der Waals surface area contributed by atoms with Crippen molar-refractivity contribution in [2.45, 2.75) is 18.2 Å². The average molecular weight is 367 g/mol. The van der Waals surface area contributed by atoms with Crippen LogP contribution in [0.1, 0.15) is 33.4 Å². The smallest absolute Gasteiger partial charge is 0.253 e. The quantitative estimate of drug-likeness (QED) is 0.703. The van der Waals surface area contributed by atoms with Crippen LogP contribution in [0.2, 0.25) is 0 Å². The number of rotatable bonds is 4. The number of amides is 1. The summed E-state index contributed by atoms with van der Waals surface area (Å²) in [6.45, 7) is 2.30. The van der Waals surface area contributed by atoms with Crippen molar-refractivity contribution < 1.29 is 9.21 Å². The predicted molar refractivity (Wildman–Crippen MR) is 102 cm³/mol. The van der Waals surface area contributed by atoms with E-state index in [1.807, 2.05) is 63.8 Å². The maximum Gasteiger partial charge on any atom is 0.253 e. The zero-order valence-corrected chi connectivity index (χ0v) is 15.3. The molecule has 0 spiro atoms. The highest BCUT2D eigenvalue weighted by molar-refractivity contribution is 7.99. The van der Waals surface area contributed by atoms with E-state index in [2.05, 4.69) is 4.98 Å². The minimum absolute atomic E-state index is 0.111. The van der Waals surface area contributed by atoms with Gasteiger partial charge in [0, 0.05) is 43.3 Å². The van der Waals surface area contributed by atoms with Gasteiger partial charge in [-0.2, -0.15) is 0 Å². The molecule has 134 valence electrons. The van der Waals surface area contributed by atoms with E-state index >= 15 is 0 Å². The molecule has 0 saturated carbocycles. The molecule has 26 heavy (non-hydrogen) atoms. The molecule has 0 radical (unpaired) electrons. The first-order valence-electron chi connectivity index (χ1n) is 8.78. The van der Waals surface area contributed by atoms with Crippen LogP contribution in [0.25, 0.3) is 0 Å². The summed E-state index contributed by atoms with van der Waals surface area (Å²) in [5.41, 5.74) is 1.91. The van der Waals surface area contributed by atoms with Crippen LogP contribution in [0.15, 0.2) is 65.8 Å². The van der Waals surface area contributed by atoms with Crippen molar-refractivity contribution in [3.63, 3.8) is 0 Å². The molecule has 0 bridgehead atoms. The Balaban J connectivity index is 1.39. The maximum absolute atomic E-state index is 12.9. The van der Waals surface area contributed by atoms with E-state index in [-0.39, 0.29) is 5.91 Å². The highest BCUT2D eigenvalue weighted by atomic mass is 32.2. The van der Waals surface area contributed by atoms with Gasteiger partial charge in [0.05, 0.1) is 17.8 Å². The van der Waals surface area contributed by atoms with Gasteiger partial charge < -0.3 is 13.9 Å². The lowest BCUT2D eigenvalue weighted by atomic mass is 10.1. The first-order chi connectivity index (χ1) is 12.8. The second kappa shape index (κ2) is 7.83. The van der Waals surface area contributed by atoms with Crippen LogP contribution in [-0.4, -0.2) is 39.2 Å². The van der Waals surface area contributed by atoms with E-state index in [4.69, 9.17) is 4.42 Å². The molecule has 1 atom stereocenters. The fourth-order valence-corrected chi connectivity index (χ4v) is 4.38. The Bertz CT molecular complexity index is 829. The summed E-state index contributed by atoms with van der Waals surface area (Å²) in [4.78, 5) is 18.9. The van der Waals surface area contributed by atoms with Gasteiger partial charge in [-0.05, 0) is 36.2 Å². The highest BCUT2D eigenvalue weighted by Crippen LogP contribution is 2.34. The molecule has 0 N–H and O–H groups in total. The fraction of sp³-hybridized carbons (Fsp3) is 0.300. The first-order valence-corrected chi connectivity index (χ1v) is 9.83. The zero-order valence-electron chi connectivity index (χ0n) is 14.5. The number of hydrogen-bond acceptors (Lipinski definition) is 4. The second-order valence-corrected chi connectivity index (χ2v) is 7.70. The number of carbonyl (C=O) groups excluding carboxylic acids is 1. The van der Waals surface area contributed by atoms with E-state index in [9.17, 15) is 4.79 Å². The Morgan fingerprint density at radius 2 is 2.12 bits per heavy atom. The van der Waals surface area contributed by atoms with Crippen molar-refractivity contribution in [3.05, 3.63) is 78.3 Å². The largest absolute Gasteiger partial charge is 0.468 e. The molecular formula is C20H21N3O2S. The van der Waals surface area contributed by atoms with Crippen LogP contribution < -0.4 is 0 Å². The van der Waals surface area contributed by atoms with Gasteiger partial charge in [0.1, 0.15) is 5.76 Å². The Morgan fingerprint density at radius 3 is 2.85 bits per heavy atom. The highest BCUT2D eigenvalue weighted by Gasteiger charge is 2.24. The molecule has 3 heterocycles. The van der Waals surface area contributed by atoms with Crippen LogP contribution in [0.5, 0.6) is 0 Å². The molecule has 1 amide bonds. The van der Waals surface area contributed by atoms with Gasteiger partial charge in [-0.25, -0.2) is 4.98 Å². The first kappa shape index (κ1) is 17.0. The maximum atomic E-state index is 12.9. The molecule has 1 fully saturated rings. The second-order valence-electron chi connectivity index (χ2n) is 6.39. The number of nitrogens with zero attached hydrogens (tertiary/aromatic N) is 3. The number of benzene rings is 1.